The van der Waals surface area contributed by atoms with Gasteiger partial charge in [-0.15, -0.1) is 0 Å². The molecule has 2 aliphatic heterocycles. The summed E-state index contributed by atoms with van der Waals surface area (Å²) in [5, 5.41) is 0. The molecule has 1 aromatic carbocycles. The summed E-state index contributed by atoms with van der Waals surface area (Å²) in [6, 6.07) is 0.246. The standard InChI is InChI=1S/C19H21F4N3OS/c1-24-14(2-3-25-4-6-27-7-5-25)15-8-11(10-26(15)19(24)28)16-17(22)12(20)9-13(21)18(16)23/h9,11H,2-8,10H2,1H3/t11-/m0/s1. The van der Waals surface area contributed by atoms with E-state index in [9.17, 15) is 17.6 Å². The van der Waals surface area contributed by atoms with E-state index < -0.39 is 34.8 Å². The lowest BCUT2D eigenvalue weighted by Crippen LogP contribution is -2.37. The van der Waals surface area contributed by atoms with Crippen molar-refractivity contribution in [3.05, 3.63) is 51.1 Å². The minimum atomic E-state index is -1.37. The number of fused-ring (bicyclic) bond motifs is 1. The lowest BCUT2D eigenvalue weighted by molar-refractivity contribution is 0.0382. The van der Waals surface area contributed by atoms with Crippen molar-refractivity contribution >= 4 is 12.2 Å². The van der Waals surface area contributed by atoms with Crippen LogP contribution in [0.15, 0.2) is 6.07 Å². The van der Waals surface area contributed by atoms with Crippen LogP contribution < -0.4 is 0 Å². The van der Waals surface area contributed by atoms with Gasteiger partial charge in [0.1, 0.15) is 0 Å². The van der Waals surface area contributed by atoms with Crippen molar-refractivity contribution in [3.8, 4) is 0 Å². The van der Waals surface area contributed by atoms with Crippen LogP contribution in [0.5, 0.6) is 0 Å². The van der Waals surface area contributed by atoms with Crippen LogP contribution in [0, 0.1) is 28.0 Å². The Labute approximate surface area is 165 Å². The molecule has 28 heavy (non-hydrogen) atoms. The van der Waals surface area contributed by atoms with Crippen molar-refractivity contribution in [2.45, 2.75) is 25.3 Å². The van der Waals surface area contributed by atoms with E-state index in [1.165, 1.54) is 0 Å². The van der Waals surface area contributed by atoms with E-state index in [1.54, 1.807) is 0 Å². The molecule has 0 aliphatic carbocycles. The first-order valence-electron chi connectivity index (χ1n) is 9.28. The number of nitrogens with zero attached hydrogens (tertiary/aromatic N) is 3. The molecule has 4 rings (SSSR count). The van der Waals surface area contributed by atoms with Crippen molar-refractivity contribution in [2.75, 3.05) is 32.8 Å². The minimum Gasteiger partial charge on any atom is -0.379 e. The Morgan fingerprint density at radius 2 is 1.75 bits per heavy atom. The van der Waals surface area contributed by atoms with E-state index in [-0.39, 0.29) is 12.6 Å². The molecule has 4 nitrogen and oxygen atoms in total. The molecule has 0 saturated carbocycles. The van der Waals surface area contributed by atoms with Gasteiger partial charge < -0.3 is 13.9 Å². The molecule has 0 radical (unpaired) electrons. The Morgan fingerprint density at radius 3 is 2.39 bits per heavy atom. The van der Waals surface area contributed by atoms with Gasteiger partial charge in [-0.25, -0.2) is 17.6 Å². The zero-order valence-electron chi connectivity index (χ0n) is 15.5. The predicted molar refractivity (Wildman–Crippen MR) is 97.9 cm³/mol. The van der Waals surface area contributed by atoms with Gasteiger partial charge in [-0.3, -0.25) is 4.90 Å². The lowest BCUT2D eigenvalue weighted by Gasteiger charge is -2.26. The fourth-order valence-corrected chi connectivity index (χ4v) is 4.54. The predicted octanol–water partition coefficient (Wildman–Crippen LogP) is 3.33. The Balaban J connectivity index is 1.61. The molecular weight excluding hydrogens is 394 g/mol. The van der Waals surface area contributed by atoms with E-state index in [0.29, 0.717) is 24.4 Å². The number of morpholine rings is 1. The molecule has 0 N–H and O–H groups in total. The molecule has 0 amide bonds. The van der Waals surface area contributed by atoms with E-state index in [1.807, 2.05) is 16.2 Å². The molecule has 1 atom stereocenters. The van der Waals surface area contributed by atoms with Gasteiger partial charge in [-0.05, 0) is 18.6 Å². The van der Waals surface area contributed by atoms with Gasteiger partial charge in [-0.1, -0.05) is 0 Å². The second-order valence-corrected chi connectivity index (χ2v) is 7.70. The van der Waals surface area contributed by atoms with E-state index in [0.717, 1.165) is 37.4 Å². The lowest BCUT2D eigenvalue weighted by atomic mass is 9.94. The summed E-state index contributed by atoms with van der Waals surface area (Å²) in [6.07, 6.45) is 1.03. The molecule has 0 bridgehead atoms. The monoisotopic (exact) mass is 415 g/mol. The third kappa shape index (κ3) is 3.29. The molecule has 1 aromatic heterocycles. The number of halogens is 4. The topological polar surface area (TPSA) is 22.3 Å². The van der Waals surface area contributed by atoms with Crippen molar-refractivity contribution in [2.24, 2.45) is 7.05 Å². The number of benzene rings is 1. The van der Waals surface area contributed by atoms with E-state index in [4.69, 9.17) is 17.0 Å². The first-order valence-corrected chi connectivity index (χ1v) is 9.69. The molecule has 0 unspecified atom stereocenters. The Bertz CT molecular complexity index is 939. The second kappa shape index (κ2) is 7.61. The van der Waals surface area contributed by atoms with Crippen molar-refractivity contribution < 1.29 is 22.3 Å². The maximum atomic E-state index is 14.3. The highest BCUT2D eigenvalue weighted by Crippen LogP contribution is 2.36. The average Bonchev–Trinajstić information content (AvgIpc) is 3.19. The summed E-state index contributed by atoms with van der Waals surface area (Å²) >= 11 is 5.49. The number of hydrogen-bond donors (Lipinski definition) is 0. The largest absolute Gasteiger partial charge is 0.379 e. The summed E-state index contributed by atoms with van der Waals surface area (Å²) < 4.78 is 65.5. The van der Waals surface area contributed by atoms with Crippen molar-refractivity contribution in [1.82, 2.24) is 14.0 Å². The fourth-order valence-electron chi connectivity index (χ4n) is 4.24. The summed E-state index contributed by atoms with van der Waals surface area (Å²) in [4.78, 5) is 2.30. The molecule has 2 aliphatic rings. The van der Waals surface area contributed by atoms with Crippen LogP contribution >= 0.6 is 12.2 Å². The van der Waals surface area contributed by atoms with Crippen LogP contribution in [0.4, 0.5) is 17.6 Å². The maximum Gasteiger partial charge on any atom is 0.179 e. The third-order valence-electron chi connectivity index (χ3n) is 5.75. The molecule has 9 heteroatoms. The summed E-state index contributed by atoms with van der Waals surface area (Å²) in [5.41, 5.74) is 1.35. The number of aromatic nitrogens is 2. The quantitative estimate of drug-likeness (QED) is 0.435. The summed E-state index contributed by atoms with van der Waals surface area (Å²) in [5.74, 6) is -6.07. The number of ether oxygens (including phenoxy) is 1. The first-order chi connectivity index (χ1) is 13.4. The molecule has 2 aromatic rings. The van der Waals surface area contributed by atoms with Crippen LogP contribution in [-0.4, -0.2) is 46.9 Å². The highest BCUT2D eigenvalue weighted by atomic mass is 32.1. The maximum absolute atomic E-state index is 14.3. The number of hydrogen-bond acceptors (Lipinski definition) is 3. The summed E-state index contributed by atoms with van der Waals surface area (Å²) in [6.45, 7) is 4.17. The Morgan fingerprint density at radius 1 is 1.11 bits per heavy atom. The van der Waals surface area contributed by atoms with E-state index >= 15 is 0 Å². The van der Waals surface area contributed by atoms with E-state index in [2.05, 4.69) is 4.90 Å². The molecule has 1 saturated heterocycles. The minimum absolute atomic E-state index is 0.205. The third-order valence-corrected chi connectivity index (χ3v) is 6.24. The van der Waals surface area contributed by atoms with Crippen LogP contribution in [0.1, 0.15) is 22.9 Å². The molecule has 152 valence electrons. The van der Waals surface area contributed by atoms with Crippen molar-refractivity contribution in [3.63, 3.8) is 0 Å². The van der Waals surface area contributed by atoms with Crippen LogP contribution in [-0.2, 0) is 31.2 Å². The van der Waals surface area contributed by atoms with Gasteiger partial charge in [0, 0.05) is 68.6 Å². The molecule has 0 spiro atoms. The molecule has 3 heterocycles. The Hall–Kier alpha value is -1.71. The van der Waals surface area contributed by atoms with Crippen molar-refractivity contribution in [1.29, 1.82) is 0 Å². The summed E-state index contributed by atoms with van der Waals surface area (Å²) in [7, 11) is 1.88. The zero-order valence-corrected chi connectivity index (χ0v) is 16.3. The van der Waals surface area contributed by atoms with Gasteiger partial charge in [0.15, 0.2) is 28.0 Å². The van der Waals surface area contributed by atoms with Gasteiger partial charge in [-0.2, -0.15) is 0 Å². The van der Waals surface area contributed by atoms with Gasteiger partial charge in [0.2, 0.25) is 0 Å². The first kappa shape index (κ1) is 19.6. The number of imidazole rings is 1. The fraction of sp³-hybridized carbons (Fsp3) is 0.526. The number of rotatable bonds is 4. The zero-order chi connectivity index (χ0) is 20.0. The van der Waals surface area contributed by atoms with Crippen LogP contribution in [0.3, 0.4) is 0 Å². The highest BCUT2D eigenvalue weighted by molar-refractivity contribution is 7.71. The normalized spacial score (nSPS) is 20.0. The Kier molecular flexibility index (Phi) is 5.32. The van der Waals surface area contributed by atoms with Gasteiger partial charge >= 0.3 is 0 Å². The smallest absolute Gasteiger partial charge is 0.179 e. The second-order valence-electron chi connectivity index (χ2n) is 7.33. The van der Waals surface area contributed by atoms with Gasteiger partial charge in [0.25, 0.3) is 0 Å². The average molecular weight is 415 g/mol. The van der Waals surface area contributed by atoms with Crippen LogP contribution in [0.2, 0.25) is 0 Å². The van der Waals surface area contributed by atoms with Gasteiger partial charge in [0.05, 0.1) is 13.2 Å². The SMILES string of the molecule is Cn1c(CCN2CCOCC2)c2n(c1=S)C[C@@H](c1c(F)c(F)cc(F)c1F)C2. The molecular formula is C19H21F4N3OS. The highest BCUT2D eigenvalue weighted by Gasteiger charge is 2.34. The van der Waals surface area contributed by atoms with Crippen LogP contribution in [0.25, 0.3) is 0 Å². The molecule has 1 fully saturated rings.